The van der Waals surface area contributed by atoms with Gasteiger partial charge in [0.25, 0.3) is 5.91 Å². The van der Waals surface area contributed by atoms with E-state index in [-0.39, 0.29) is 5.91 Å². The van der Waals surface area contributed by atoms with Crippen LogP contribution < -0.4 is 11.1 Å². The van der Waals surface area contributed by atoms with Crippen molar-refractivity contribution >= 4 is 56.6 Å². The summed E-state index contributed by atoms with van der Waals surface area (Å²) in [4.78, 5) is 27.7. The Labute approximate surface area is 205 Å². The van der Waals surface area contributed by atoms with Crippen molar-refractivity contribution in [3.8, 4) is 11.1 Å². The van der Waals surface area contributed by atoms with Crippen LogP contribution in [-0.2, 0) is 15.8 Å². The van der Waals surface area contributed by atoms with E-state index in [4.69, 9.17) is 17.3 Å². The van der Waals surface area contributed by atoms with Crippen LogP contribution >= 0.6 is 11.6 Å². The van der Waals surface area contributed by atoms with Gasteiger partial charge in [-0.2, -0.15) is 0 Å². The zero-order chi connectivity index (χ0) is 24.6. The number of carbonyl (C=O) groups is 2. The maximum absolute atomic E-state index is 12.2. The molecular formula is C25H27ClN4O3S. The summed E-state index contributed by atoms with van der Waals surface area (Å²) in [6, 6.07) is 11.3. The van der Waals surface area contributed by atoms with Crippen LogP contribution in [-0.4, -0.2) is 50.0 Å². The van der Waals surface area contributed by atoms with Gasteiger partial charge >= 0.3 is 0 Å². The molecule has 0 aliphatic carbocycles. The zero-order valence-electron chi connectivity index (χ0n) is 19.3. The van der Waals surface area contributed by atoms with Crippen molar-refractivity contribution in [3.63, 3.8) is 0 Å². The summed E-state index contributed by atoms with van der Waals surface area (Å²) in [6.45, 7) is 4.86. The number of carbonyl (C=O) groups excluding carboxylic acids is 2. The van der Waals surface area contributed by atoms with Crippen molar-refractivity contribution in [3.05, 3.63) is 59.3 Å². The van der Waals surface area contributed by atoms with Gasteiger partial charge in [-0.25, -0.2) is 8.51 Å². The molecule has 0 bridgehead atoms. The average Bonchev–Trinajstić information content (AvgIpc) is 3.25. The molecule has 178 valence electrons. The molecule has 1 aliphatic rings. The molecule has 9 heteroatoms. The van der Waals surface area contributed by atoms with E-state index in [1.54, 1.807) is 19.2 Å². The van der Waals surface area contributed by atoms with Gasteiger partial charge in [0.15, 0.2) is 0 Å². The summed E-state index contributed by atoms with van der Waals surface area (Å²) >= 11 is 5.93. The van der Waals surface area contributed by atoms with Crippen molar-refractivity contribution in [1.82, 2.24) is 9.29 Å². The van der Waals surface area contributed by atoms with Crippen LogP contribution in [0.3, 0.4) is 0 Å². The van der Waals surface area contributed by atoms with Crippen LogP contribution in [0.15, 0.2) is 42.5 Å². The molecule has 1 aliphatic heterocycles. The summed E-state index contributed by atoms with van der Waals surface area (Å²) in [5.41, 5.74) is 12.2. The summed E-state index contributed by atoms with van der Waals surface area (Å²) in [5, 5.41) is 3.09. The molecule has 0 saturated carbocycles. The number of rotatable bonds is 6. The van der Waals surface area contributed by atoms with Crippen molar-refractivity contribution in [2.75, 3.05) is 24.7 Å². The molecule has 0 saturated heterocycles. The van der Waals surface area contributed by atoms with Crippen LogP contribution in [0.5, 0.6) is 0 Å². The van der Waals surface area contributed by atoms with Crippen molar-refractivity contribution < 1.29 is 13.8 Å². The van der Waals surface area contributed by atoms with E-state index in [2.05, 4.69) is 16.4 Å². The first-order chi connectivity index (χ1) is 16.2. The van der Waals surface area contributed by atoms with Crippen molar-refractivity contribution in [2.45, 2.75) is 25.6 Å². The minimum Gasteiger partial charge on any atom is -0.366 e. The highest BCUT2D eigenvalue weighted by molar-refractivity contribution is 7.81. The number of nitrogens with zero attached hydrogens (tertiary/aromatic N) is 1. The second-order valence-corrected chi connectivity index (χ2v) is 10.4. The van der Waals surface area contributed by atoms with Gasteiger partial charge in [-0.05, 0) is 60.7 Å². The lowest BCUT2D eigenvalue weighted by Gasteiger charge is -2.23. The number of nitrogens with two attached hydrogens (primary N) is 1. The topological polar surface area (TPSA) is 108 Å². The molecule has 0 spiro atoms. The van der Waals surface area contributed by atoms with E-state index in [0.717, 1.165) is 39.8 Å². The fourth-order valence-electron chi connectivity index (χ4n) is 4.26. The normalized spacial score (nSPS) is 16.2. The molecule has 34 heavy (non-hydrogen) atoms. The Morgan fingerprint density at radius 1 is 1.24 bits per heavy atom. The second kappa shape index (κ2) is 9.74. The molecular weight excluding hydrogens is 472 g/mol. The van der Waals surface area contributed by atoms with Gasteiger partial charge in [-0.1, -0.05) is 24.3 Å². The molecule has 2 amide bonds. The number of alkyl halides is 1. The third kappa shape index (κ3) is 4.66. The third-order valence-electron chi connectivity index (χ3n) is 6.18. The molecule has 2 unspecified atom stereocenters. The van der Waals surface area contributed by atoms with Gasteiger partial charge in [-0.15, -0.1) is 11.6 Å². The SMILES string of the molecule is Cc1c(NC(=O)C(C)Cl)cccc1-c1ccc(C(N)=O)c2[nH]c(C3=CCN(S(C)=O)CC3)cc12. The molecule has 4 rings (SSSR count). The van der Waals surface area contributed by atoms with Gasteiger partial charge in [-0.3, -0.25) is 9.59 Å². The summed E-state index contributed by atoms with van der Waals surface area (Å²) in [7, 11) is -1.01. The number of nitrogens with one attached hydrogen (secondary N) is 2. The zero-order valence-corrected chi connectivity index (χ0v) is 20.8. The lowest BCUT2D eigenvalue weighted by atomic mass is 9.94. The fraction of sp³-hybridized carbons (Fsp3) is 0.280. The molecule has 3 aromatic rings. The first kappa shape index (κ1) is 24.2. The predicted molar refractivity (Wildman–Crippen MR) is 139 cm³/mol. The standard InChI is InChI=1S/C25H27ClN4O3S/c1-14-17(5-4-6-21(14)29-25(32)15(2)26)18-7-8-19(24(27)31)23-20(18)13-22(28-23)16-9-11-30(12-10-16)34(3)33/h4-9,13,15,28H,10-12H2,1-3H3,(H2,27,31)(H,29,32). The van der Waals surface area contributed by atoms with Gasteiger partial charge in [0.1, 0.15) is 5.38 Å². The molecule has 0 fully saturated rings. The van der Waals surface area contributed by atoms with E-state index in [0.29, 0.717) is 29.9 Å². The van der Waals surface area contributed by atoms with Crippen molar-refractivity contribution in [1.29, 1.82) is 0 Å². The molecule has 4 N–H and O–H groups in total. The Kier molecular flexibility index (Phi) is 6.93. The highest BCUT2D eigenvalue weighted by Gasteiger charge is 2.21. The van der Waals surface area contributed by atoms with Crippen LogP contribution in [0.4, 0.5) is 5.69 Å². The molecule has 2 heterocycles. The smallest absolute Gasteiger partial charge is 0.250 e. The number of aromatic amines is 1. The molecule has 2 aromatic carbocycles. The Bertz CT molecular complexity index is 1350. The first-order valence-electron chi connectivity index (χ1n) is 11.0. The summed E-state index contributed by atoms with van der Waals surface area (Å²) in [6.07, 6.45) is 4.48. The number of anilines is 1. The van der Waals surface area contributed by atoms with Crippen LogP contribution in [0.25, 0.3) is 27.6 Å². The van der Waals surface area contributed by atoms with Crippen molar-refractivity contribution in [2.24, 2.45) is 5.73 Å². The van der Waals surface area contributed by atoms with E-state index in [1.165, 1.54) is 0 Å². The maximum atomic E-state index is 12.2. The number of hydrogen-bond donors (Lipinski definition) is 3. The Hall–Kier alpha value is -2.94. The van der Waals surface area contributed by atoms with Gasteiger partial charge in [0, 0.05) is 36.1 Å². The quantitative estimate of drug-likeness (QED) is 0.443. The fourth-order valence-corrected chi connectivity index (χ4v) is 4.94. The van der Waals surface area contributed by atoms with Gasteiger partial charge in [0.05, 0.1) is 22.1 Å². The minimum absolute atomic E-state index is 0.272. The Balaban J connectivity index is 1.82. The van der Waals surface area contributed by atoms with E-state index in [9.17, 15) is 13.8 Å². The minimum atomic E-state index is -1.01. The number of fused-ring (bicyclic) bond motifs is 1. The number of halogens is 1. The molecule has 0 radical (unpaired) electrons. The highest BCUT2D eigenvalue weighted by atomic mass is 35.5. The maximum Gasteiger partial charge on any atom is 0.250 e. The molecule has 2 atom stereocenters. The molecule has 1 aromatic heterocycles. The highest BCUT2D eigenvalue weighted by Crippen LogP contribution is 2.37. The summed E-state index contributed by atoms with van der Waals surface area (Å²) < 4.78 is 13.7. The van der Waals surface area contributed by atoms with E-state index < -0.39 is 22.3 Å². The van der Waals surface area contributed by atoms with Gasteiger partial charge in [0.2, 0.25) is 5.91 Å². The largest absolute Gasteiger partial charge is 0.366 e. The Morgan fingerprint density at radius 2 is 2.00 bits per heavy atom. The van der Waals surface area contributed by atoms with E-state index >= 15 is 0 Å². The number of primary amides is 1. The lowest BCUT2D eigenvalue weighted by molar-refractivity contribution is -0.115. The van der Waals surface area contributed by atoms with Crippen LogP contribution in [0.2, 0.25) is 0 Å². The second-order valence-electron chi connectivity index (χ2n) is 8.37. The first-order valence-corrected chi connectivity index (χ1v) is 12.9. The number of amides is 2. The van der Waals surface area contributed by atoms with E-state index in [1.807, 2.05) is 41.6 Å². The van der Waals surface area contributed by atoms with Crippen LogP contribution in [0, 0.1) is 6.92 Å². The average molecular weight is 499 g/mol. The number of hydrogen-bond acceptors (Lipinski definition) is 3. The number of H-pyrrole nitrogens is 1. The van der Waals surface area contributed by atoms with Gasteiger partial charge < -0.3 is 16.0 Å². The Morgan fingerprint density at radius 3 is 2.62 bits per heavy atom. The summed E-state index contributed by atoms with van der Waals surface area (Å²) in [5.74, 6) is -0.782. The predicted octanol–water partition coefficient (Wildman–Crippen LogP) is 4.19. The number of aromatic nitrogens is 1. The number of benzene rings is 2. The lowest BCUT2D eigenvalue weighted by Crippen LogP contribution is -2.29. The third-order valence-corrected chi connectivity index (χ3v) is 7.44. The monoisotopic (exact) mass is 498 g/mol. The van der Waals surface area contributed by atoms with Crippen LogP contribution in [0.1, 0.15) is 35.0 Å². The molecule has 7 nitrogen and oxygen atoms in total.